The summed E-state index contributed by atoms with van der Waals surface area (Å²) >= 11 is 0. The Labute approximate surface area is 145 Å². The van der Waals surface area contributed by atoms with Crippen LogP contribution in [0.4, 0.5) is 0 Å². The normalized spacial score (nSPS) is 12.6. The molecule has 0 saturated carbocycles. The van der Waals surface area contributed by atoms with Gasteiger partial charge in [-0.3, -0.25) is 14.4 Å². The zero-order valence-corrected chi connectivity index (χ0v) is 14.2. The van der Waals surface area contributed by atoms with Crippen LogP contribution in [0.15, 0.2) is 30.3 Å². The number of carboxylic acids is 1. The van der Waals surface area contributed by atoms with Crippen molar-refractivity contribution in [2.24, 2.45) is 0 Å². The number of carboxylic acid groups (broad SMARTS) is 1. The molecule has 0 unspecified atom stereocenters. The number of esters is 1. The van der Waals surface area contributed by atoms with E-state index in [0.717, 1.165) is 5.56 Å². The van der Waals surface area contributed by atoms with Gasteiger partial charge in [-0.1, -0.05) is 30.3 Å². The molecule has 0 heterocycles. The Kier molecular flexibility index (Phi) is 8.11. The first-order valence-electron chi connectivity index (χ1n) is 7.74. The number of hydrogen-bond acceptors (Lipinski definition) is 5. The van der Waals surface area contributed by atoms with Gasteiger partial charge in [-0.25, -0.2) is 4.79 Å². The number of methoxy groups -OCH3 is 1. The lowest BCUT2D eigenvalue weighted by Gasteiger charge is -2.21. The van der Waals surface area contributed by atoms with Gasteiger partial charge in [-0.15, -0.1) is 0 Å². The maximum absolute atomic E-state index is 12.4. The zero-order chi connectivity index (χ0) is 18.8. The van der Waals surface area contributed by atoms with E-state index >= 15 is 0 Å². The largest absolute Gasteiger partial charge is 0.480 e. The first-order chi connectivity index (χ1) is 11.8. The summed E-state index contributed by atoms with van der Waals surface area (Å²) in [6, 6.07) is 6.86. The van der Waals surface area contributed by atoms with E-state index in [1.807, 2.05) is 6.07 Å². The molecular weight excluding hydrogens is 328 g/mol. The monoisotopic (exact) mass is 350 g/mol. The summed E-state index contributed by atoms with van der Waals surface area (Å²) in [7, 11) is 1.20. The third-order valence-corrected chi connectivity index (χ3v) is 3.46. The Bertz CT molecular complexity index is 617. The smallest absolute Gasteiger partial charge is 0.326 e. The average molecular weight is 350 g/mol. The highest BCUT2D eigenvalue weighted by molar-refractivity contribution is 5.90. The van der Waals surface area contributed by atoms with Gasteiger partial charge < -0.3 is 20.5 Å². The summed E-state index contributed by atoms with van der Waals surface area (Å²) in [4.78, 5) is 46.2. The summed E-state index contributed by atoms with van der Waals surface area (Å²) in [5.74, 6) is -2.87. The molecule has 1 aromatic rings. The van der Waals surface area contributed by atoms with E-state index in [2.05, 4.69) is 15.4 Å². The lowest BCUT2D eigenvalue weighted by Crippen LogP contribution is -2.52. The standard InChI is InChI=1S/C17H22N2O6/c1-11(20)18-14(10-12-6-4-3-5-7-12)16(22)19-13(17(23)24)8-9-15(21)25-2/h3-7,13-14H,8-10H2,1-2H3,(H,18,20)(H,19,22)(H,23,24)/t13-,14-/m1/s1. The van der Waals surface area contributed by atoms with Gasteiger partial charge >= 0.3 is 11.9 Å². The van der Waals surface area contributed by atoms with Crippen molar-refractivity contribution in [2.75, 3.05) is 7.11 Å². The molecule has 8 heteroatoms. The highest BCUT2D eigenvalue weighted by atomic mass is 16.5. The fraction of sp³-hybridized carbons (Fsp3) is 0.412. The number of ether oxygens (including phenoxy) is 1. The van der Waals surface area contributed by atoms with E-state index in [1.165, 1.54) is 14.0 Å². The minimum atomic E-state index is -1.27. The van der Waals surface area contributed by atoms with Gasteiger partial charge in [-0.05, 0) is 12.0 Å². The van der Waals surface area contributed by atoms with Crippen molar-refractivity contribution in [3.63, 3.8) is 0 Å². The maximum Gasteiger partial charge on any atom is 0.326 e. The molecular formula is C17H22N2O6. The predicted molar refractivity (Wildman–Crippen MR) is 88.6 cm³/mol. The van der Waals surface area contributed by atoms with Crippen molar-refractivity contribution in [2.45, 2.75) is 38.3 Å². The summed E-state index contributed by atoms with van der Waals surface area (Å²) in [5, 5.41) is 14.1. The first-order valence-corrected chi connectivity index (χ1v) is 7.74. The molecule has 1 rings (SSSR count). The number of amides is 2. The average Bonchev–Trinajstić information content (AvgIpc) is 2.57. The van der Waals surface area contributed by atoms with Gasteiger partial charge in [-0.2, -0.15) is 0 Å². The van der Waals surface area contributed by atoms with Gasteiger partial charge in [0.15, 0.2) is 0 Å². The molecule has 0 aliphatic rings. The minimum absolute atomic E-state index is 0.105. The first kappa shape index (κ1) is 20.1. The highest BCUT2D eigenvalue weighted by Crippen LogP contribution is 2.06. The third-order valence-electron chi connectivity index (χ3n) is 3.46. The van der Waals surface area contributed by atoms with Crippen LogP contribution in [0.3, 0.4) is 0 Å². The topological polar surface area (TPSA) is 122 Å². The van der Waals surface area contributed by atoms with Crippen LogP contribution in [-0.4, -0.2) is 48.1 Å². The van der Waals surface area contributed by atoms with E-state index in [1.54, 1.807) is 24.3 Å². The molecule has 0 fully saturated rings. The van der Waals surface area contributed by atoms with Crippen LogP contribution >= 0.6 is 0 Å². The molecule has 0 spiro atoms. The van der Waals surface area contributed by atoms with Gasteiger partial charge in [0, 0.05) is 19.8 Å². The third kappa shape index (κ3) is 7.47. The molecule has 0 aliphatic heterocycles. The SMILES string of the molecule is COC(=O)CC[C@@H](NC(=O)[C@@H](Cc1ccccc1)NC(C)=O)C(=O)O. The predicted octanol–water partition coefficient (Wildman–Crippen LogP) is 0.256. The number of carbonyl (C=O) groups excluding carboxylic acids is 3. The van der Waals surface area contributed by atoms with E-state index in [-0.39, 0.29) is 19.3 Å². The molecule has 8 nitrogen and oxygen atoms in total. The molecule has 1 aromatic carbocycles. The Balaban J connectivity index is 2.78. The molecule has 2 atom stereocenters. The second-order valence-corrected chi connectivity index (χ2v) is 5.46. The fourth-order valence-electron chi connectivity index (χ4n) is 2.20. The second-order valence-electron chi connectivity index (χ2n) is 5.46. The van der Waals surface area contributed by atoms with Gasteiger partial charge in [0.2, 0.25) is 11.8 Å². The Morgan fingerprint density at radius 1 is 1.08 bits per heavy atom. The highest BCUT2D eigenvalue weighted by Gasteiger charge is 2.26. The summed E-state index contributed by atoms with van der Waals surface area (Å²) in [6.45, 7) is 1.28. The molecule has 0 bridgehead atoms. The van der Waals surface area contributed by atoms with E-state index in [4.69, 9.17) is 0 Å². The van der Waals surface area contributed by atoms with Gasteiger partial charge in [0.05, 0.1) is 7.11 Å². The molecule has 0 aliphatic carbocycles. The van der Waals surface area contributed by atoms with Crippen LogP contribution in [0.5, 0.6) is 0 Å². The number of rotatable bonds is 9. The lowest BCUT2D eigenvalue weighted by molar-refractivity contribution is -0.144. The van der Waals surface area contributed by atoms with Crippen LogP contribution in [0, 0.1) is 0 Å². The maximum atomic E-state index is 12.4. The van der Waals surface area contributed by atoms with Gasteiger partial charge in [0.25, 0.3) is 0 Å². The van der Waals surface area contributed by atoms with Gasteiger partial charge in [0.1, 0.15) is 12.1 Å². The van der Waals surface area contributed by atoms with Crippen molar-refractivity contribution >= 4 is 23.8 Å². The quantitative estimate of drug-likeness (QED) is 0.549. The van der Waals surface area contributed by atoms with E-state index < -0.39 is 35.8 Å². The van der Waals surface area contributed by atoms with Crippen LogP contribution in [0.25, 0.3) is 0 Å². The van der Waals surface area contributed by atoms with Crippen molar-refractivity contribution < 1.29 is 29.0 Å². The van der Waals surface area contributed by atoms with Crippen molar-refractivity contribution in [1.29, 1.82) is 0 Å². The van der Waals surface area contributed by atoms with E-state index in [0.29, 0.717) is 0 Å². The van der Waals surface area contributed by atoms with Crippen LogP contribution in [0.1, 0.15) is 25.3 Å². The zero-order valence-electron chi connectivity index (χ0n) is 14.2. The Morgan fingerprint density at radius 3 is 2.24 bits per heavy atom. The summed E-state index contributed by atoms with van der Waals surface area (Å²) < 4.78 is 4.46. The number of nitrogens with one attached hydrogen (secondary N) is 2. The lowest BCUT2D eigenvalue weighted by atomic mass is 10.0. The number of aliphatic carboxylic acids is 1. The van der Waals surface area contributed by atoms with Crippen LogP contribution in [0.2, 0.25) is 0 Å². The molecule has 25 heavy (non-hydrogen) atoms. The molecule has 136 valence electrons. The second kappa shape index (κ2) is 10.1. The molecule has 3 N–H and O–H groups in total. The number of hydrogen-bond donors (Lipinski definition) is 3. The molecule has 0 aromatic heterocycles. The molecule has 2 amide bonds. The fourth-order valence-corrected chi connectivity index (χ4v) is 2.20. The molecule has 0 saturated heterocycles. The minimum Gasteiger partial charge on any atom is -0.480 e. The number of benzene rings is 1. The van der Waals surface area contributed by atoms with Crippen molar-refractivity contribution in [3.05, 3.63) is 35.9 Å². The summed E-state index contributed by atoms with van der Waals surface area (Å²) in [5.41, 5.74) is 0.817. The van der Waals surface area contributed by atoms with Crippen LogP contribution < -0.4 is 10.6 Å². The summed E-state index contributed by atoms with van der Waals surface area (Å²) in [6.07, 6.45) is -0.0291. The molecule has 0 radical (unpaired) electrons. The van der Waals surface area contributed by atoms with Crippen molar-refractivity contribution in [1.82, 2.24) is 10.6 Å². The Morgan fingerprint density at radius 2 is 1.72 bits per heavy atom. The van der Waals surface area contributed by atoms with Crippen LogP contribution in [-0.2, 0) is 30.3 Å². The Hall–Kier alpha value is -2.90. The van der Waals surface area contributed by atoms with Crippen molar-refractivity contribution in [3.8, 4) is 0 Å². The van der Waals surface area contributed by atoms with E-state index in [9.17, 15) is 24.3 Å². The number of carbonyl (C=O) groups is 4.